The Morgan fingerprint density at radius 2 is 2.43 bits per heavy atom. The summed E-state index contributed by atoms with van der Waals surface area (Å²) in [6.45, 7) is 4.25. The lowest BCUT2D eigenvalue weighted by Crippen LogP contribution is -2.25. The van der Waals surface area contributed by atoms with Crippen molar-refractivity contribution in [2.45, 2.75) is 26.3 Å². The van der Waals surface area contributed by atoms with Gasteiger partial charge in [-0.3, -0.25) is 4.57 Å². The van der Waals surface area contributed by atoms with Crippen LogP contribution in [0.25, 0.3) is 0 Å². The second kappa shape index (κ2) is 3.96. The Bertz CT molecular complexity index is 310. The van der Waals surface area contributed by atoms with Gasteiger partial charge in [0.15, 0.2) is 0 Å². The number of hydrogen-bond donors (Lipinski definition) is 1. The Morgan fingerprint density at radius 3 is 3.14 bits per heavy atom. The second-order valence-electron chi connectivity index (χ2n) is 3.58. The van der Waals surface area contributed by atoms with Crippen LogP contribution in [0.3, 0.4) is 0 Å². The predicted molar refractivity (Wildman–Crippen MR) is 52.1 cm³/mol. The number of nitrogens with two attached hydrogens (primary N) is 1. The van der Waals surface area contributed by atoms with Crippen LogP contribution in [0.15, 0.2) is 0 Å². The van der Waals surface area contributed by atoms with Crippen LogP contribution in [0.1, 0.15) is 19.2 Å². The van der Waals surface area contributed by atoms with Gasteiger partial charge in [-0.05, 0) is 25.8 Å². The van der Waals surface area contributed by atoms with Crippen molar-refractivity contribution in [2.24, 2.45) is 11.7 Å². The third-order valence-electron chi connectivity index (χ3n) is 2.63. The monoisotopic (exact) mass is 196 g/mol. The SMILES string of the molecule is CCOc1nnc2n1CCC(CN)C2. The molecule has 2 rings (SSSR count). The summed E-state index contributed by atoms with van der Waals surface area (Å²) in [5.41, 5.74) is 5.64. The van der Waals surface area contributed by atoms with Crippen molar-refractivity contribution in [3.8, 4) is 6.01 Å². The van der Waals surface area contributed by atoms with Crippen molar-refractivity contribution in [3.63, 3.8) is 0 Å². The third kappa shape index (κ3) is 1.59. The van der Waals surface area contributed by atoms with E-state index in [0.717, 1.165) is 31.8 Å². The van der Waals surface area contributed by atoms with Crippen molar-refractivity contribution >= 4 is 0 Å². The zero-order chi connectivity index (χ0) is 9.97. The van der Waals surface area contributed by atoms with Crippen molar-refractivity contribution in [2.75, 3.05) is 13.2 Å². The van der Waals surface area contributed by atoms with E-state index in [-0.39, 0.29) is 0 Å². The third-order valence-corrected chi connectivity index (χ3v) is 2.63. The van der Waals surface area contributed by atoms with Crippen LogP contribution in [0.5, 0.6) is 6.01 Å². The first kappa shape index (κ1) is 9.45. The number of ether oxygens (including phenoxy) is 1. The smallest absolute Gasteiger partial charge is 0.316 e. The number of hydrogen-bond acceptors (Lipinski definition) is 4. The molecule has 1 unspecified atom stereocenters. The molecule has 2 N–H and O–H groups in total. The van der Waals surface area contributed by atoms with Crippen LogP contribution >= 0.6 is 0 Å². The number of rotatable bonds is 3. The molecule has 1 atom stereocenters. The summed E-state index contributed by atoms with van der Waals surface area (Å²) in [4.78, 5) is 0. The minimum Gasteiger partial charge on any atom is -0.464 e. The summed E-state index contributed by atoms with van der Waals surface area (Å²) in [5, 5.41) is 8.11. The van der Waals surface area contributed by atoms with Gasteiger partial charge >= 0.3 is 6.01 Å². The summed E-state index contributed by atoms with van der Waals surface area (Å²) in [6.07, 6.45) is 2.03. The highest BCUT2D eigenvalue weighted by Gasteiger charge is 2.22. The maximum atomic E-state index is 5.64. The van der Waals surface area contributed by atoms with Gasteiger partial charge in [0, 0.05) is 13.0 Å². The molecule has 14 heavy (non-hydrogen) atoms. The molecule has 5 nitrogen and oxygen atoms in total. The fourth-order valence-electron chi connectivity index (χ4n) is 1.80. The molecule has 0 aliphatic carbocycles. The lowest BCUT2D eigenvalue weighted by atomic mass is 9.98. The number of aromatic nitrogens is 3. The molecule has 1 aromatic rings. The first-order valence-corrected chi connectivity index (χ1v) is 5.10. The summed E-state index contributed by atoms with van der Waals surface area (Å²) in [7, 11) is 0. The van der Waals surface area contributed by atoms with Crippen molar-refractivity contribution < 1.29 is 4.74 Å². The molecule has 0 radical (unpaired) electrons. The van der Waals surface area contributed by atoms with Gasteiger partial charge < -0.3 is 10.5 Å². The quantitative estimate of drug-likeness (QED) is 0.750. The Kier molecular flexibility index (Phi) is 2.67. The lowest BCUT2D eigenvalue weighted by molar-refractivity contribution is 0.279. The van der Waals surface area contributed by atoms with Crippen molar-refractivity contribution in [1.29, 1.82) is 0 Å². The Balaban J connectivity index is 2.16. The molecule has 0 fully saturated rings. The molecule has 1 aliphatic rings. The van der Waals surface area contributed by atoms with Crippen LogP contribution in [-0.2, 0) is 13.0 Å². The lowest BCUT2D eigenvalue weighted by Gasteiger charge is -2.21. The van der Waals surface area contributed by atoms with Gasteiger partial charge in [-0.15, -0.1) is 5.10 Å². The topological polar surface area (TPSA) is 66.0 Å². The van der Waals surface area contributed by atoms with E-state index in [2.05, 4.69) is 14.8 Å². The zero-order valence-corrected chi connectivity index (χ0v) is 8.44. The standard InChI is InChI=1S/C9H16N4O/c1-2-14-9-12-11-8-5-7(6-10)3-4-13(8)9/h7H,2-6,10H2,1H3. The highest BCUT2D eigenvalue weighted by atomic mass is 16.5. The maximum absolute atomic E-state index is 5.64. The van der Waals surface area contributed by atoms with E-state index in [4.69, 9.17) is 10.5 Å². The minimum absolute atomic E-state index is 0.557. The van der Waals surface area contributed by atoms with E-state index in [1.165, 1.54) is 0 Å². The molecule has 0 saturated carbocycles. The van der Waals surface area contributed by atoms with E-state index >= 15 is 0 Å². The van der Waals surface area contributed by atoms with Crippen LogP contribution in [-0.4, -0.2) is 27.9 Å². The molecule has 0 aromatic carbocycles. The molecule has 2 heterocycles. The van der Waals surface area contributed by atoms with E-state index < -0.39 is 0 Å². The normalized spacial score (nSPS) is 20.6. The summed E-state index contributed by atoms with van der Waals surface area (Å²) in [5.74, 6) is 1.57. The first-order valence-electron chi connectivity index (χ1n) is 5.10. The van der Waals surface area contributed by atoms with Gasteiger partial charge in [-0.2, -0.15) is 0 Å². The maximum Gasteiger partial charge on any atom is 0.316 e. The Hall–Kier alpha value is -1.10. The van der Waals surface area contributed by atoms with Gasteiger partial charge in [0.05, 0.1) is 6.61 Å². The van der Waals surface area contributed by atoms with Gasteiger partial charge in [-0.1, -0.05) is 5.10 Å². The van der Waals surface area contributed by atoms with Crippen molar-refractivity contribution in [1.82, 2.24) is 14.8 Å². The largest absolute Gasteiger partial charge is 0.464 e. The molecule has 0 bridgehead atoms. The Labute approximate surface area is 83.3 Å². The average Bonchev–Trinajstić information content (AvgIpc) is 2.61. The summed E-state index contributed by atoms with van der Waals surface area (Å²) in [6, 6.07) is 0.651. The average molecular weight is 196 g/mol. The van der Waals surface area contributed by atoms with Gasteiger partial charge in [0.2, 0.25) is 0 Å². The Morgan fingerprint density at radius 1 is 1.57 bits per heavy atom. The zero-order valence-electron chi connectivity index (χ0n) is 8.44. The molecule has 5 heteroatoms. The molecule has 0 amide bonds. The summed E-state index contributed by atoms with van der Waals surface area (Å²) < 4.78 is 7.42. The second-order valence-corrected chi connectivity index (χ2v) is 3.58. The van der Waals surface area contributed by atoms with Crippen LogP contribution < -0.4 is 10.5 Å². The molecular formula is C9H16N4O. The molecule has 0 saturated heterocycles. The molecule has 1 aliphatic heterocycles. The molecule has 1 aromatic heterocycles. The highest BCUT2D eigenvalue weighted by molar-refractivity contribution is 5.04. The van der Waals surface area contributed by atoms with E-state index in [0.29, 0.717) is 18.5 Å². The minimum atomic E-state index is 0.557. The van der Waals surface area contributed by atoms with Crippen molar-refractivity contribution in [3.05, 3.63) is 5.82 Å². The first-order chi connectivity index (χ1) is 6.85. The fraction of sp³-hybridized carbons (Fsp3) is 0.778. The fourth-order valence-corrected chi connectivity index (χ4v) is 1.80. The van der Waals surface area contributed by atoms with E-state index in [1.807, 2.05) is 6.92 Å². The van der Waals surface area contributed by atoms with E-state index in [1.54, 1.807) is 0 Å². The van der Waals surface area contributed by atoms with E-state index in [9.17, 15) is 0 Å². The van der Waals surface area contributed by atoms with Gasteiger partial charge in [-0.25, -0.2) is 0 Å². The van der Waals surface area contributed by atoms with Gasteiger partial charge in [0.1, 0.15) is 5.82 Å². The van der Waals surface area contributed by atoms with Gasteiger partial charge in [0.25, 0.3) is 0 Å². The van der Waals surface area contributed by atoms with Crippen LogP contribution in [0.4, 0.5) is 0 Å². The van der Waals surface area contributed by atoms with Crippen LogP contribution in [0, 0.1) is 5.92 Å². The molecular weight excluding hydrogens is 180 g/mol. The predicted octanol–water partition coefficient (Wildman–Crippen LogP) is 0.198. The molecule has 0 spiro atoms. The molecule has 78 valence electrons. The summed E-state index contributed by atoms with van der Waals surface area (Å²) >= 11 is 0. The van der Waals surface area contributed by atoms with Crippen LogP contribution in [0.2, 0.25) is 0 Å². The highest BCUT2D eigenvalue weighted by Crippen LogP contribution is 2.22. The number of fused-ring (bicyclic) bond motifs is 1. The number of nitrogens with zero attached hydrogens (tertiary/aromatic N) is 3.